The molecule has 19 heavy (non-hydrogen) atoms. The molecule has 4 heteroatoms. The predicted molar refractivity (Wildman–Crippen MR) is 88.8 cm³/mol. The van der Waals surface area contributed by atoms with Gasteiger partial charge in [0, 0.05) is 28.4 Å². The van der Waals surface area contributed by atoms with Crippen molar-refractivity contribution in [1.82, 2.24) is 4.90 Å². The van der Waals surface area contributed by atoms with Gasteiger partial charge in [-0.2, -0.15) is 11.8 Å². The third-order valence-electron chi connectivity index (χ3n) is 4.24. The minimum atomic E-state index is 0.0450. The lowest BCUT2D eigenvalue weighted by atomic mass is 9.90. The Morgan fingerprint density at radius 3 is 2.63 bits per heavy atom. The molecule has 2 unspecified atom stereocenters. The van der Waals surface area contributed by atoms with Crippen molar-refractivity contribution in [2.75, 3.05) is 25.1 Å². The monoisotopic (exact) mass is 342 g/mol. The van der Waals surface area contributed by atoms with Crippen molar-refractivity contribution < 1.29 is 0 Å². The molecular formula is C15H23BrN2S. The van der Waals surface area contributed by atoms with Crippen LogP contribution in [0.15, 0.2) is 28.7 Å². The van der Waals surface area contributed by atoms with Crippen molar-refractivity contribution in [3.05, 3.63) is 34.3 Å². The molecule has 1 aromatic carbocycles. The van der Waals surface area contributed by atoms with Crippen LogP contribution in [0.5, 0.6) is 0 Å². The second-order valence-electron chi connectivity index (χ2n) is 5.63. The zero-order valence-electron chi connectivity index (χ0n) is 11.7. The van der Waals surface area contributed by atoms with Crippen molar-refractivity contribution in [3.8, 4) is 0 Å². The number of halogens is 1. The summed E-state index contributed by atoms with van der Waals surface area (Å²) >= 11 is 5.54. The average molecular weight is 343 g/mol. The molecule has 1 heterocycles. The molecule has 0 spiro atoms. The van der Waals surface area contributed by atoms with Crippen LogP contribution < -0.4 is 5.73 Å². The standard InChI is InChI=1S/C15H23BrN2S/c1-15(11-17,18(2)14-7-8-19-10-14)9-12-3-5-13(16)6-4-12/h3-6,14H,7-11,17H2,1-2H3. The van der Waals surface area contributed by atoms with Crippen molar-refractivity contribution in [2.45, 2.75) is 31.3 Å². The van der Waals surface area contributed by atoms with Gasteiger partial charge in [0.15, 0.2) is 0 Å². The number of hydrogen-bond acceptors (Lipinski definition) is 3. The second-order valence-corrected chi connectivity index (χ2v) is 7.70. The zero-order valence-corrected chi connectivity index (χ0v) is 14.1. The molecule has 0 bridgehead atoms. The van der Waals surface area contributed by atoms with Crippen LogP contribution in [0.4, 0.5) is 0 Å². The minimum absolute atomic E-state index is 0.0450. The van der Waals surface area contributed by atoms with Gasteiger partial charge < -0.3 is 5.73 Å². The van der Waals surface area contributed by atoms with E-state index in [4.69, 9.17) is 5.73 Å². The highest BCUT2D eigenvalue weighted by Gasteiger charge is 2.34. The van der Waals surface area contributed by atoms with Gasteiger partial charge in [-0.05, 0) is 50.3 Å². The highest BCUT2D eigenvalue weighted by molar-refractivity contribution is 9.10. The summed E-state index contributed by atoms with van der Waals surface area (Å²) in [7, 11) is 2.24. The zero-order chi connectivity index (χ0) is 13.9. The fraction of sp³-hybridized carbons (Fsp3) is 0.600. The molecule has 2 N–H and O–H groups in total. The smallest absolute Gasteiger partial charge is 0.0344 e. The molecule has 2 nitrogen and oxygen atoms in total. The third kappa shape index (κ3) is 3.75. The lowest BCUT2D eigenvalue weighted by Crippen LogP contribution is -2.55. The van der Waals surface area contributed by atoms with E-state index in [9.17, 15) is 0 Å². The van der Waals surface area contributed by atoms with E-state index in [1.807, 2.05) is 0 Å². The minimum Gasteiger partial charge on any atom is -0.329 e. The summed E-state index contributed by atoms with van der Waals surface area (Å²) < 4.78 is 1.13. The molecule has 1 saturated heterocycles. The number of rotatable bonds is 5. The highest BCUT2D eigenvalue weighted by Crippen LogP contribution is 2.28. The van der Waals surface area contributed by atoms with Gasteiger partial charge >= 0.3 is 0 Å². The van der Waals surface area contributed by atoms with Crippen molar-refractivity contribution in [1.29, 1.82) is 0 Å². The number of benzene rings is 1. The summed E-state index contributed by atoms with van der Waals surface area (Å²) in [4.78, 5) is 2.51. The van der Waals surface area contributed by atoms with Crippen LogP contribution in [0, 0.1) is 0 Å². The van der Waals surface area contributed by atoms with Crippen LogP contribution in [0.3, 0.4) is 0 Å². The van der Waals surface area contributed by atoms with Crippen molar-refractivity contribution in [3.63, 3.8) is 0 Å². The molecule has 0 amide bonds. The molecule has 0 radical (unpaired) electrons. The molecule has 1 aromatic rings. The lowest BCUT2D eigenvalue weighted by molar-refractivity contribution is 0.103. The predicted octanol–water partition coefficient (Wildman–Crippen LogP) is 3.15. The van der Waals surface area contributed by atoms with E-state index < -0.39 is 0 Å². The number of nitrogens with two attached hydrogens (primary N) is 1. The Hall–Kier alpha value is -0.0300. The van der Waals surface area contributed by atoms with Crippen LogP contribution in [0.25, 0.3) is 0 Å². The number of nitrogens with zero attached hydrogens (tertiary/aromatic N) is 1. The van der Waals surface area contributed by atoms with Gasteiger partial charge in [-0.15, -0.1) is 0 Å². The van der Waals surface area contributed by atoms with Crippen LogP contribution in [-0.2, 0) is 6.42 Å². The molecule has 1 fully saturated rings. The fourth-order valence-corrected chi connectivity index (χ4v) is 4.18. The average Bonchev–Trinajstić information content (AvgIpc) is 2.94. The summed E-state index contributed by atoms with van der Waals surface area (Å²) in [6.07, 6.45) is 2.30. The first-order chi connectivity index (χ1) is 9.05. The molecule has 2 rings (SSSR count). The van der Waals surface area contributed by atoms with Crippen LogP contribution in [0.1, 0.15) is 18.9 Å². The van der Waals surface area contributed by atoms with E-state index in [2.05, 4.69) is 70.8 Å². The topological polar surface area (TPSA) is 29.3 Å². The molecule has 0 saturated carbocycles. The van der Waals surface area contributed by atoms with Crippen molar-refractivity contribution in [2.24, 2.45) is 5.73 Å². The van der Waals surface area contributed by atoms with Gasteiger partial charge in [0.25, 0.3) is 0 Å². The van der Waals surface area contributed by atoms with E-state index in [0.29, 0.717) is 12.6 Å². The Kier molecular flexibility index (Phi) is 5.35. The van der Waals surface area contributed by atoms with Crippen LogP contribution in [0.2, 0.25) is 0 Å². The van der Waals surface area contributed by atoms with E-state index in [0.717, 1.165) is 10.9 Å². The molecular weight excluding hydrogens is 320 g/mol. The summed E-state index contributed by atoms with van der Waals surface area (Å²) in [5, 5.41) is 0. The first-order valence-corrected chi connectivity index (χ1v) is 8.75. The SMILES string of the molecule is CN(C1CCSC1)C(C)(CN)Cc1ccc(Br)cc1. The Morgan fingerprint density at radius 2 is 2.11 bits per heavy atom. The van der Waals surface area contributed by atoms with E-state index in [1.54, 1.807) is 0 Å². The summed E-state index contributed by atoms with van der Waals surface area (Å²) in [6.45, 7) is 2.98. The number of thioether (sulfide) groups is 1. The summed E-state index contributed by atoms with van der Waals surface area (Å²) in [5.41, 5.74) is 7.50. The van der Waals surface area contributed by atoms with E-state index in [-0.39, 0.29) is 5.54 Å². The Labute approximate surface area is 129 Å². The second kappa shape index (κ2) is 6.61. The summed E-state index contributed by atoms with van der Waals surface area (Å²) in [5.74, 6) is 2.53. The van der Waals surface area contributed by atoms with Gasteiger partial charge in [0.05, 0.1) is 0 Å². The maximum absolute atomic E-state index is 6.10. The highest BCUT2D eigenvalue weighted by atomic mass is 79.9. The number of likely N-dealkylation sites (N-methyl/N-ethyl adjacent to an activating group) is 1. The maximum atomic E-state index is 6.10. The maximum Gasteiger partial charge on any atom is 0.0344 e. The van der Waals surface area contributed by atoms with Gasteiger partial charge in [-0.1, -0.05) is 28.1 Å². The van der Waals surface area contributed by atoms with Crippen LogP contribution >= 0.6 is 27.7 Å². The van der Waals surface area contributed by atoms with Crippen LogP contribution in [-0.4, -0.2) is 41.6 Å². The quantitative estimate of drug-likeness (QED) is 0.891. The van der Waals surface area contributed by atoms with Gasteiger partial charge in [-0.25, -0.2) is 0 Å². The number of hydrogen-bond donors (Lipinski definition) is 1. The van der Waals surface area contributed by atoms with Gasteiger partial charge in [-0.3, -0.25) is 4.90 Å². The van der Waals surface area contributed by atoms with Gasteiger partial charge in [0.1, 0.15) is 0 Å². The summed E-state index contributed by atoms with van der Waals surface area (Å²) in [6, 6.07) is 9.27. The largest absolute Gasteiger partial charge is 0.329 e. The van der Waals surface area contributed by atoms with E-state index in [1.165, 1.54) is 23.5 Å². The molecule has 2 atom stereocenters. The Bertz CT molecular complexity index is 403. The van der Waals surface area contributed by atoms with Gasteiger partial charge in [0.2, 0.25) is 0 Å². The molecule has 0 aliphatic carbocycles. The molecule has 1 aliphatic rings. The molecule has 106 valence electrons. The molecule has 1 aliphatic heterocycles. The normalized spacial score (nSPS) is 22.7. The Balaban J connectivity index is 2.10. The fourth-order valence-electron chi connectivity index (χ4n) is 2.65. The van der Waals surface area contributed by atoms with E-state index >= 15 is 0 Å². The lowest BCUT2D eigenvalue weighted by Gasteiger charge is -2.42. The Morgan fingerprint density at radius 1 is 1.42 bits per heavy atom. The molecule has 0 aromatic heterocycles. The first kappa shape index (κ1) is 15.4. The van der Waals surface area contributed by atoms with Crippen molar-refractivity contribution >= 4 is 27.7 Å². The first-order valence-electron chi connectivity index (χ1n) is 6.80. The third-order valence-corrected chi connectivity index (χ3v) is 5.92.